The Morgan fingerprint density at radius 3 is 2.52 bits per heavy atom. The molecule has 0 radical (unpaired) electrons. The number of rotatable bonds is 11. The van der Waals surface area contributed by atoms with Crippen molar-refractivity contribution < 1.29 is 0 Å². The average molecular weight is 346 g/mol. The van der Waals surface area contributed by atoms with Crippen molar-refractivity contribution in [3.63, 3.8) is 0 Å². The van der Waals surface area contributed by atoms with Crippen LogP contribution in [0.15, 0.2) is 23.2 Å². The van der Waals surface area contributed by atoms with E-state index in [1.54, 1.807) is 0 Å². The van der Waals surface area contributed by atoms with Gasteiger partial charge in [-0.25, -0.2) is 0 Å². The van der Waals surface area contributed by atoms with E-state index in [2.05, 4.69) is 42.9 Å². The molecule has 1 heterocycles. The molecule has 1 aliphatic carbocycles. The standard InChI is InChI=1S/C20H35N5/c1-5-13(3)8-7-9-17(18-12-23-14(4)24-18)25-20(15-10-11-15)19(22)16(21)6-2/h12-14,17,21-25H,5-11H2,1-4H3. The summed E-state index contributed by atoms with van der Waals surface area (Å²) >= 11 is 0. The fourth-order valence-electron chi connectivity index (χ4n) is 3.09. The molecule has 5 heteroatoms. The van der Waals surface area contributed by atoms with Crippen LogP contribution in [0.2, 0.25) is 0 Å². The van der Waals surface area contributed by atoms with Crippen molar-refractivity contribution in [2.75, 3.05) is 0 Å². The monoisotopic (exact) mass is 345 g/mol. The molecule has 25 heavy (non-hydrogen) atoms. The number of hydrogen-bond acceptors (Lipinski definition) is 5. The molecule has 2 aliphatic rings. The van der Waals surface area contributed by atoms with Gasteiger partial charge in [-0.15, -0.1) is 0 Å². The lowest BCUT2D eigenvalue weighted by Gasteiger charge is -2.25. The summed E-state index contributed by atoms with van der Waals surface area (Å²) in [5.41, 5.74) is 4.17. The molecular formula is C20H35N5. The topological polar surface area (TPSA) is 83.8 Å². The van der Waals surface area contributed by atoms with Crippen LogP contribution in [0.25, 0.3) is 0 Å². The van der Waals surface area contributed by atoms with Gasteiger partial charge in [0.2, 0.25) is 0 Å². The van der Waals surface area contributed by atoms with Gasteiger partial charge in [0.15, 0.2) is 0 Å². The van der Waals surface area contributed by atoms with Crippen LogP contribution < -0.4 is 16.0 Å². The Labute approximate surface area is 152 Å². The molecule has 0 aromatic heterocycles. The highest BCUT2D eigenvalue weighted by atomic mass is 15.2. The third-order valence-corrected chi connectivity index (χ3v) is 5.21. The van der Waals surface area contributed by atoms with Crippen molar-refractivity contribution in [2.24, 2.45) is 5.92 Å². The summed E-state index contributed by atoms with van der Waals surface area (Å²) in [6.45, 7) is 8.62. The van der Waals surface area contributed by atoms with Crippen LogP contribution in [0.1, 0.15) is 72.6 Å². The first-order chi connectivity index (χ1) is 12.0. The van der Waals surface area contributed by atoms with Gasteiger partial charge >= 0.3 is 0 Å². The van der Waals surface area contributed by atoms with Gasteiger partial charge < -0.3 is 21.4 Å². The maximum absolute atomic E-state index is 8.40. The van der Waals surface area contributed by atoms with E-state index in [1.807, 2.05) is 6.92 Å². The van der Waals surface area contributed by atoms with E-state index in [1.165, 1.54) is 30.5 Å². The molecule has 0 amide bonds. The largest absolute Gasteiger partial charge is 0.375 e. The number of nitrogens with one attached hydrogen (secondary N) is 5. The molecule has 1 aliphatic heterocycles. The predicted octanol–water partition coefficient (Wildman–Crippen LogP) is 4.04. The fraction of sp³-hybridized carbons (Fsp3) is 0.700. The predicted molar refractivity (Wildman–Crippen MR) is 106 cm³/mol. The first kappa shape index (κ1) is 19.5. The molecule has 0 bridgehead atoms. The van der Waals surface area contributed by atoms with Crippen molar-refractivity contribution >= 4 is 11.4 Å². The minimum atomic E-state index is 0.176. The summed E-state index contributed by atoms with van der Waals surface area (Å²) in [5.74, 6) is 0.760. The molecule has 3 unspecified atom stereocenters. The summed E-state index contributed by atoms with van der Waals surface area (Å²) in [6, 6.07) is 0.176. The molecule has 0 spiro atoms. The Bertz CT molecular complexity index is 554. The highest BCUT2D eigenvalue weighted by Crippen LogP contribution is 2.32. The Morgan fingerprint density at radius 2 is 2.00 bits per heavy atom. The van der Waals surface area contributed by atoms with Gasteiger partial charge in [0.25, 0.3) is 0 Å². The first-order valence-electron chi connectivity index (χ1n) is 9.84. The summed E-state index contributed by atoms with van der Waals surface area (Å²) in [5, 5.41) is 26.9. The third kappa shape index (κ3) is 5.62. The van der Waals surface area contributed by atoms with Crippen molar-refractivity contribution in [1.29, 1.82) is 10.8 Å². The highest BCUT2D eigenvalue weighted by Gasteiger charge is 2.27. The molecular weight excluding hydrogens is 310 g/mol. The van der Waals surface area contributed by atoms with Crippen LogP contribution in [-0.4, -0.2) is 23.6 Å². The number of allylic oxidation sites excluding steroid dienone is 2. The van der Waals surface area contributed by atoms with Gasteiger partial charge in [0.05, 0.1) is 35.0 Å². The minimum Gasteiger partial charge on any atom is -0.375 e. The van der Waals surface area contributed by atoms with E-state index in [4.69, 9.17) is 10.8 Å². The smallest absolute Gasteiger partial charge is 0.0978 e. The Kier molecular flexibility index (Phi) is 7.09. The quantitative estimate of drug-likeness (QED) is 0.366. The zero-order chi connectivity index (χ0) is 18.4. The second-order valence-corrected chi connectivity index (χ2v) is 7.46. The Hall–Kier alpha value is -1.78. The van der Waals surface area contributed by atoms with E-state index in [9.17, 15) is 0 Å². The van der Waals surface area contributed by atoms with Gasteiger partial charge in [0, 0.05) is 6.20 Å². The molecule has 0 saturated heterocycles. The van der Waals surface area contributed by atoms with Gasteiger partial charge in [-0.3, -0.25) is 5.41 Å². The third-order valence-electron chi connectivity index (χ3n) is 5.21. The minimum absolute atomic E-state index is 0.176. The summed E-state index contributed by atoms with van der Waals surface area (Å²) in [6.07, 6.45) is 9.71. The van der Waals surface area contributed by atoms with Crippen molar-refractivity contribution in [2.45, 2.75) is 84.8 Å². The van der Waals surface area contributed by atoms with E-state index in [-0.39, 0.29) is 12.2 Å². The molecule has 3 atom stereocenters. The zero-order valence-electron chi connectivity index (χ0n) is 16.3. The Morgan fingerprint density at radius 1 is 1.28 bits per heavy atom. The van der Waals surface area contributed by atoms with Gasteiger partial charge in [-0.05, 0) is 44.1 Å². The van der Waals surface area contributed by atoms with Crippen LogP contribution in [-0.2, 0) is 0 Å². The van der Waals surface area contributed by atoms with Crippen LogP contribution in [0, 0.1) is 16.7 Å². The van der Waals surface area contributed by atoms with Crippen molar-refractivity contribution in [3.05, 3.63) is 23.2 Å². The lowest BCUT2D eigenvalue weighted by Crippen LogP contribution is -2.40. The molecule has 2 rings (SSSR count). The summed E-state index contributed by atoms with van der Waals surface area (Å²) in [7, 11) is 0. The molecule has 0 aromatic rings. The average Bonchev–Trinajstić information content (AvgIpc) is 3.36. The van der Waals surface area contributed by atoms with Crippen LogP contribution in [0.3, 0.4) is 0 Å². The van der Waals surface area contributed by atoms with E-state index < -0.39 is 0 Å². The summed E-state index contributed by atoms with van der Waals surface area (Å²) in [4.78, 5) is 0. The maximum Gasteiger partial charge on any atom is 0.0978 e. The lowest BCUT2D eigenvalue weighted by molar-refractivity contribution is 0.450. The molecule has 5 nitrogen and oxygen atoms in total. The van der Waals surface area contributed by atoms with Crippen LogP contribution >= 0.6 is 0 Å². The van der Waals surface area contributed by atoms with E-state index in [0.29, 0.717) is 17.8 Å². The number of hydrogen-bond donors (Lipinski definition) is 5. The molecule has 0 aromatic carbocycles. The molecule has 5 N–H and O–H groups in total. The lowest BCUT2D eigenvalue weighted by atomic mass is 9.97. The van der Waals surface area contributed by atoms with E-state index in [0.717, 1.165) is 30.9 Å². The second kappa shape index (κ2) is 9.07. The molecule has 140 valence electrons. The normalized spacial score (nSPS) is 20.9. The Balaban J connectivity index is 2.07. The molecule has 1 saturated carbocycles. The van der Waals surface area contributed by atoms with Gasteiger partial charge in [-0.2, -0.15) is 0 Å². The second-order valence-electron chi connectivity index (χ2n) is 7.46. The van der Waals surface area contributed by atoms with Gasteiger partial charge in [0.1, 0.15) is 0 Å². The zero-order valence-corrected chi connectivity index (χ0v) is 16.3. The fourth-order valence-corrected chi connectivity index (χ4v) is 3.09. The highest BCUT2D eigenvalue weighted by molar-refractivity contribution is 6.46. The summed E-state index contributed by atoms with van der Waals surface area (Å²) < 4.78 is 0. The maximum atomic E-state index is 8.40. The van der Waals surface area contributed by atoms with E-state index >= 15 is 0 Å². The van der Waals surface area contributed by atoms with Crippen molar-refractivity contribution in [3.8, 4) is 0 Å². The molecule has 1 fully saturated rings. The SMILES string of the molecule is CCC(=N)C(=N)C(NC(CCCC(C)CC)C1=CNC(C)N1)=C1CC1. The van der Waals surface area contributed by atoms with Crippen molar-refractivity contribution in [1.82, 2.24) is 16.0 Å². The van der Waals surface area contributed by atoms with Crippen LogP contribution in [0.4, 0.5) is 0 Å². The van der Waals surface area contributed by atoms with Gasteiger partial charge in [-0.1, -0.05) is 40.0 Å². The van der Waals surface area contributed by atoms with Crippen LogP contribution in [0.5, 0.6) is 0 Å². The first-order valence-corrected chi connectivity index (χ1v) is 9.84.